The van der Waals surface area contributed by atoms with Gasteiger partial charge in [-0.25, -0.2) is 9.78 Å². The minimum atomic E-state index is -0.549. The number of carbonyl (C=O) groups excluding carboxylic acids is 1. The van der Waals surface area contributed by atoms with E-state index in [2.05, 4.69) is 10.1 Å². The summed E-state index contributed by atoms with van der Waals surface area (Å²) in [5.41, 5.74) is 1.22. The molecule has 0 spiro atoms. The summed E-state index contributed by atoms with van der Waals surface area (Å²) < 4.78 is 17.5. The van der Waals surface area contributed by atoms with E-state index in [0.717, 1.165) is 0 Å². The molecule has 0 saturated carbocycles. The van der Waals surface area contributed by atoms with Gasteiger partial charge < -0.3 is 14.2 Å². The van der Waals surface area contributed by atoms with E-state index in [-0.39, 0.29) is 18.3 Å². The Kier molecular flexibility index (Phi) is 5.55. The van der Waals surface area contributed by atoms with Crippen molar-refractivity contribution in [1.29, 1.82) is 0 Å². The smallest absolute Gasteiger partial charge is 0.343 e. The average molecular weight is 455 g/mol. The highest BCUT2D eigenvalue weighted by molar-refractivity contribution is 5.93. The number of esters is 1. The molecular formula is C26H21N3O5. The van der Waals surface area contributed by atoms with Gasteiger partial charge in [-0.1, -0.05) is 38.1 Å². The monoisotopic (exact) mass is 455 g/mol. The van der Waals surface area contributed by atoms with Gasteiger partial charge in [0.05, 0.1) is 22.7 Å². The van der Waals surface area contributed by atoms with Crippen LogP contribution in [-0.2, 0) is 0 Å². The lowest BCUT2D eigenvalue weighted by Crippen LogP contribution is -2.23. The van der Waals surface area contributed by atoms with Crippen LogP contribution in [0.5, 0.6) is 17.2 Å². The maximum Gasteiger partial charge on any atom is 0.343 e. The third-order valence-corrected chi connectivity index (χ3v) is 5.34. The highest BCUT2D eigenvalue weighted by Crippen LogP contribution is 2.33. The lowest BCUT2D eigenvalue weighted by Gasteiger charge is -2.12. The fraction of sp³-hybridized carbons (Fsp3) is 0.154. The average Bonchev–Trinajstić information content (AvgIpc) is 3.32. The molecule has 1 aromatic heterocycles. The molecular weight excluding hydrogens is 434 g/mol. The first-order valence-corrected chi connectivity index (χ1v) is 10.8. The van der Waals surface area contributed by atoms with Gasteiger partial charge >= 0.3 is 5.97 Å². The summed E-state index contributed by atoms with van der Waals surface area (Å²) in [6.45, 7) is 4.02. The summed E-state index contributed by atoms with van der Waals surface area (Å²) in [5.74, 6) is 1.34. The van der Waals surface area contributed by atoms with E-state index in [4.69, 9.17) is 14.2 Å². The standard InChI is InChI=1S/C26H21N3O5/c1-16(2)24-28-20-9-5-4-8-19(20)25(30)29(24)27-14-18-7-3-6-10-21(18)34-26(31)17-11-12-22-23(13-17)33-15-32-22/h3-14,16H,15H2,1-2H3. The molecule has 1 aliphatic rings. The maximum absolute atomic E-state index is 13.1. The molecule has 2 heterocycles. The zero-order valence-corrected chi connectivity index (χ0v) is 18.6. The van der Waals surface area contributed by atoms with Gasteiger partial charge in [-0.3, -0.25) is 4.79 Å². The number of aromatic nitrogens is 2. The van der Waals surface area contributed by atoms with Crippen LogP contribution >= 0.6 is 0 Å². The van der Waals surface area contributed by atoms with Crippen molar-refractivity contribution in [2.45, 2.75) is 19.8 Å². The van der Waals surface area contributed by atoms with E-state index >= 15 is 0 Å². The van der Waals surface area contributed by atoms with Crippen LogP contribution in [0.1, 0.15) is 41.5 Å². The number of carbonyl (C=O) groups is 1. The van der Waals surface area contributed by atoms with E-state index in [1.807, 2.05) is 26.0 Å². The lowest BCUT2D eigenvalue weighted by atomic mass is 10.2. The van der Waals surface area contributed by atoms with Crippen molar-refractivity contribution in [3.8, 4) is 17.2 Å². The minimum Gasteiger partial charge on any atom is -0.454 e. The van der Waals surface area contributed by atoms with Crippen LogP contribution in [0.15, 0.2) is 76.6 Å². The first kappa shape index (κ1) is 21.4. The van der Waals surface area contributed by atoms with Crippen molar-refractivity contribution in [1.82, 2.24) is 9.66 Å². The topological polar surface area (TPSA) is 92.0 Å². The predicted molar refractivity (Wildman–Crippen MR) is 127 cm³/mol. The SMILES string of the molecule is CC(C)c1nc2ccccc2c(=O)n1N=Cc1ccccc1OC(=O)c1ccc2c(c1)OCO2. The zero-order valence-electron chi connectivity index (χ0n) is 18.6. The normalized spacial score (nSPS) is 12.6. The van der Waals surface area contributed by atoms with Crippen LogP contribution in [0.3, 0.4) is 0 Å². The van der Waals surface area contributed by atoms with Gasteiger partial charge in [0.2, 0.25) is 6.79 Å². The molecule has 34 heavy (non-hydrogen) atoms. The molecule has 4 aromatic rings. The summed E-state index contributed by atoms with van der Waals surface area (Å²) in [4.78, 5) is 30.5. The van der Waals surface area contributed by atoms with Gasteiger partial charge in [0.25, 0.3) is 5.56 Å². The third kappa shape index (κ3) is 4.01. The van der Waals surface area contributed by atoms with Gasteiger partial charge in [0, 0.05) is 11.5 Å². The number of hydrogen-bond donors (Lipinski definition) is 0. The maximum atomic E-state index is 13.1. The second kappa shape index (κ2) is 8.82. The molecule has 170 valence electrons. The van der Waals surface area contributed by atoms with Crippen molar-refractivity contribution in [2.24, 2.45) is 5.10 Å². The van der Waals surface area contributed by atoms with Crippen LogP contribution in [0.2, 0.25) is 0 Å². The predicted octanol–water partition coefficient (Wildman–Crippen LogP) is 4.35. The number of benzene rings is 3. The summed E-state index contributed by atoms with van der Waals surface area (Å²) in [6.07, 6.45) is 1.49. The Morgan fingerprint density at radius 1 is 1.06 bits per heavy atom. The largest absolute Gasteiger partial charge is 0.454 e. The molecule has 0 amide bonds. The van der Waals surface area contributed by atoms with E-state index in [0.29, 0.717) is 45.1 Å². The molecule has 0 bridgehead atoms. The highest BCUT2D eigenvalue weighted by atomic mass is 16.7. The van der Waals surface area contributed by atoms with Gasteiger partial charge in [0.1, 0.15) is 11.6 Å². The molecule has 1 aliphatic heterocycles. The zero-order chi connectivity index (χ0) is 23.7. The number of para-hydroxylation sites is 2. The number of ether oxygens (including phenoxy) is 3. The Morgan fingerprint density at radius 2 is 1.82 bits per heavy atom. The fourth-order valence-electron chi connectivity index (χ4n) is 3.61. The van der Waals surface area contributed by atoms with Crippen LogP contribution in [-0.4, -0.2) is 28.6 Å². The van der Waals surface area contributed by atoms with Crippen LogP contribution in [0, 0.1) is 0 Å². The Labute approximate surface area is 195 Å². The molecule has 0 atom stereocenters. The third-order valence-electron chi connectivity index (χ3n) is 5.34. The Hall–Kier alpha value is -4.46. The van der Waals surface area contributed by atoms with Crippen molar-refractivity contribution in [2.75, 3.05) is 6.79 Å². The Bertz CT molecular complexity index is 1490. The van der Waals surface area contributed by atoms with Gasteiger partial charge in [-0.2, -0.15) is 9.78 Å². The van der Waals surface area contributed by atoms with Crippen molar-refractivity contribution in [3.63, 3.8) is 0 Å². The molecule has 0 saturated heterocycles. The number of hydrogen-bond acceptors (Lipinski definition) is 7. The molecule has 8 heteroatoms. The molecule has 8 nitrogen and oxygen atoms in total. The molecule has 0 radical (unpaired) electrons. The lowest BCUT2D eigenvalue weighted by molar-refractivity contribution is 0.0734. The van der Waals surface area contributed by atoms with E-state index in [9.17, 15) is 9.59 Å². The number of rotatable bonds is 5. The summed E-state index contributed by atoms with van der Waals surface area (Å²) in [6, 6.07) is 19.0. The number of fused-ring (bicyclic) bond motifs is 2. The molecule has 0 fully saturated rings. The first-order valence-electron chi connectivity index (χ1n) is 10.8. The first-order chi connectivity index (χ1) is 16.5. The van der Waals surface area contributed by atoms with Gasteiger partial charge in [0.15, 0.2) is 11.5 Å². The summed E-state index contributed by atoms with van der Waals surface area (Å²) in [7, 11) is 0. The minimum absolute atomic E-state index is 0.0338. The van der Waals surface area contributed by atoms with Crippen molar-refractivity contribution < 1.29 is 19.0 Å². The van der Waals surface area contributed by atoms with Crippen LogP contribution in [0.4, 0.5) is 0 Å². The second-order valence-electron chi connectivity index (χ2n) is 8.00. The molecule has 0 N–H and O–H groups in total. The van der Waals surface area contributed by atoms with Crippen molar-refractivity contribution >= 4 is 23.1 Å². The van der Waals surface area contributed by atoms with Crippen LogP contribution < -0.4 is 19.8 Å². The molecule has 3 aromatic carbocycles. The fourth-order valence-corrected chi connectivity index (χ4v) is 3.61. The molecule has 0 aliphatic carbocycles. The number of nitrogens with zero attached hydrogens (tertiary/aromatic N) is 3. The summed E-state index contributed by atoms with van der Waals surface area (Å²) in [5, 5.41) is 4.90. The van der Waals surface area contributed by atoms with Gasteiger partial charge in [-0.05, 0) is 42.5 Å². The molecule has 0 unspecified atom stereocenters. The quantitative estimate of drug-likeness (QED) is 0.252. The van der Waals surface area contributed by atoms with E-state index in [1.165, 1.54) is 10.9 Å². The highest BCUT2D eigenvalue weighted by Gasteiger charge is 2.18. The summed E-state index contributed by atoms with van der Waals surface area (Å²) >= 11 is 0. The van der Waals surface area contributed by atoms with Gasteiger partial charge in [-0.15, -0.1) is 0 Å². The van der Waals surface area contributed by atoms with Crippen molar-refractivity contribution in [3.05, 3.63) is 94.0 Å². The van der Waals surface area contributed by atoms with Crippen LogP contribution in [0.25, 0.3) is 10.9 Å². The molecule has 5 rings (SSSR count). The Morgan fingerprint density at radius 3 is 2.68 bits per heavy atom. The van der Waals surface area contributed by atoms with E-state index in [1.54, 1.807) is 54.6 Å². The van der Waals surface area contributed by atoms with E-state index < -0.39 is 5.97 Å². The Balaban J connectivity index is 1.48. The second-order valence-corrected chi connectivity index (χ2v) is 8.00.